The maximum atomic E-state index is 13.0. The summed E-state index contributed by atoms with van der Waals surface area (Å²) in [6.45, 7) is 0.693. The molecule has 0 saturated carbocycles. The summed E-state index contributed by atoms with van der Waals surface area (Å²) in [6.07, 6.45) is 3.04. The molecular formula is C20H17FN4O2. The largest absolute Gasteiger partial charge is 0.321 e. The molecule has 4 rings (SSSR count). The first-order valence-corrected chi connectivity index (χ1v) is 8.63. The first kappa shape index (κ1) is 17.0. The predicted octanol–water partition coefficient (Wildman–Crippen LogP) is 3.39. The molecule has 7 heteroatoms. The van der Waals surface area contributed by atoms with Crippen LogP contribution in [-0.2, 0) is 4.79 Å². The van der Waals surface area contributed by atoms with Crippen LogP contribution in [0.1, 0.15) is 23.3 Å². The van der Waals surface area contributed by atoms with Gasteiger partial charge in [-0.05, 0) is 55.0 Å². The summed E-state index contributed by atoms with van der Waals surface area (Å²) in [5.74, 6) is -0.600. The summed E-state index contributed by atoms with van der Waals surface area (Å²) in [4.78, 5) is 26.1. The second-order valence-electron chi connectivity index (χ2n) is 6.28. The maximum absolute atomic E-state index is 13.0. The quantitative estimate of drug-likeness (QED) is 0.772. The fourth-order valence-corrected chi connectivity index (χ4v) is 3.05. The van der Waals surface area contributed by atoms with E-state index < -0.39 is 0 Å². The molecule has 0 spiro atoms. The van der Waals surface area contributed by atoms with E-state index in [-0.39, 0.29) is 23.3 Å². The first-order chi connectivity index (χ1) is 13.1. The Labute approximate surface area is 155 Å². The number of rotatable bonds is 4. The molecule has 3 aromatic rings. The van der Waals surface area contributed by atoms with E-state index in [0.717, 1.165) is 12.1 Å². The van der Waals surface area contributed by atoms with Crippen LogP contribution in [0.5, 0.6) is 0 Å². The van der Waals surface area contributed by atoms with Crippen LogP contribution in [0.25, 0.3) is 5.69 Å². The lowest BCUT2D eigenvalue weighted by atomic mass is 10.2. The monoisotopic (exact) mass is 364 g/mol. The van der Waals surface area contributed by atoms with Gasteiger partial charge in [0.05, 0.1) is 5.69 Å². The summed E-state index contributed by atoms with van der Waals surface area (Å²) in [7, 11) is 0. The standard InChI is InChI=1S/C20H17FN4O2/c21-14-6-8-16(9-7-14)25-12-10-18(23-25)20(27)22-15-3-1-4-17(13-15)24-11-2-5-19(24)26/h1,3-4,6-10,12-13H,2,5,11H2,(H,22,27). The molecule has 0 radical (unpaired) electrons. The van der Waals surface area contributed by atoms with Gasteiger partial charge in [0.15, 0.2) is 5.69 Å². The lowest BCUT2D eigenvalue weighted by molar-refractivity contribution is -0.117. The van der Waals surface area contributed by atoms with Crippen LogP contribution in [0.3, 0.4) is 0 Å². The van der Waals surface area contributed by atoms with E-state index in [1.54, 1.807) is 47.5 Å². The van der Waals surface area contributed by atoms with Gasteiger partial charge >= 0.3 is 0 Å². The molecule has 0 bridgehead atoms. The molecule has 2 aromatic carbocycles. The lowest BCUT2D eigenvalue weighted by Crippen LogP contribution is -2.23. The zero-order chi connectivity index (χ0) is 18.8. The molecule has 0 unspecified atom stereocenters. The number of nitrogens with zero attached hydrogens (tertiary/aromatic N) is 3. The van der Waals surface area contributed by atoms with E-state index in [1.165, 1.54) is 16.8 Å². The minimum atomic E-state index is -0.360. The molecule has 1 aliphatic rings. The van der Waals surface area contributed by atoms with Crippen molar-refractivity contribution in [2.75, 3.05) is 16.8 Å². The number of benzene rings is 2. The summed E-state index contributed by atoms with van der Waals surface area (Å²) in [5, 5.41) is 7.03. The Hall–Kier alpha value is -3.48. The predicted molar refractivity (Wildman–Crippen MR) is 99.5 cm³/mol. The molecule has 1 N–H and O–H groups in total. The number of aromatic nitrogens is 2. The van der Waals surface area contributed by atoms with Crippen molar-refractivity contribution in [3.8, 4) is 5.69 Å². The molecule has 2 amide bonds. The van der Waals surface area contributed by atoms with Crippen molar-refractivity contribution < 1.29 is 14.0 Å². The van der Waals surface area contributed by atoms with Crippen molar-refractivity contribution in [1.29, 1.82) is 0 Å². The lowest BCUT2D eigenvalue weighted by Gasteiger charge is -2.16. The molecule has 0 atom stereocenters. The van der Waals surface area contributed by atoms with Gasteiger partial charge in [0.1, 0.15) is 5.82 Å². The number of halogens is 1. The average Bonchev–Trinajstić information content (AvgIpc) is 3.32. The van der Waals surface area contributed by atoms with E-state index in [9.17, 15) is 14.0 Å². The molecule has 136 valence electrons. The molecule has 1 aromatic heterocycles. The van der Waals surface area contributed by atoms with Crippen LogP contribution < -0.4 is 10.2 Å². The van der Waals surface area contributed by atoms with Crippen molar-refractivity contribution in [2.24, 2.45) is 0 Å². The molecule has 1 saturated heterocycles. The minimum absolute atomic E-state index is 0.0940. The third kappa shape index (κ3) is 3.57. The maximum Gasteiger partial charge on any atom is 0.276 e. The Balaban J connectivity index is 1.50. The Bertz CT molecular complexity index is 997. The van der Waals surface area contributed by atoms with Gasteiger partial charge in [-0.1, -0.05) is 6.07 Å². The number of hydrogen-bond acceptors (Lipinski definition) is 3. The van der Waals surface area contributed by atoms with E-state index in [0.29, 0.717) is 24.3 Å². The Kier molecular flexibility index (Phi) is 4.42. The summed E-state index contributed by atoms with van der Waals surface area (Å²) < 4.78 is 14.5. The van der Waals surface area contributed by atoms with Gasteiger partial charge < -0.3 is 10.2 Å². The van der Waals surface area contributed by atoms with Gasteiger partial charge in [-0.15, -0.1) is 0 Å². The second-order valence-corrected chi connectivity index (χ2v) is 6.28. The Morgan fingerprint density at radius 1 is 1.07 bits per heavy atom. The van der Waals surface area contributed by atoms with Crippen molar-refractivity contribution in [3.05, 3.63) is 72.3 Å². The number of hydrogen-bond donors (Lipinski definition) is 1. The highest BCUT2D eigenvalue weighted by Gasteiger charge is 2.22. The third-order valence-corrected chi connectivity index (χ3v) is 4.40. The van der Waals surface area contributed by atoms with Gasteiger partial charge in [0.2, 0.25) is 5.91 Å². The smallest absolute Gasteiger partial charge is 0.276 e. The van der Waals surface area contributed by atoms with E-state index >= 15 is 0 Å². The van der Waals surface area contributed by atoms with Crippen molar-refractivity contribution in [1.82, 2.24) is 9.78 Å². The summed E-state index contributed by atoms with van der Waals surface area (Å²) in [5.41, 5.74) is 2.26. The Morgan fingerprint density at radius 2 is 1.89 bits per heavy atom. The van der Waals surface area contributed by atoms with Crippen molar-refractivity contribution in [2.45, 2.75) is 12.8 Å². The van der Waals surface area contributed by atoms with E-state index in [4.69, 9.17) is 0 Å². The highest BCUT2D eigenvalue weighted by atomic mass is 19.1. The zero-order valence-electron chi connectivity index (χ0n) is 14.4. The molecule has 0 aliphatic carbocycles. The number of anilines is 2. The fourth-order valence-electron chi connectivity index (χ4n) is 3.05. The molecule has 6 nitrogen and oxygen atoms in total. The van der Waals surface area contributed by atoms with Crippen LogP contribution in [0, 0.1) is 5.82 Å². The number of carbonyl (C=O) groups excluding carboxylic acids is 2. The zero-order valence-corrected chi connectivity index (χ0v) is 14.4. The van der Waals surface area contributed by atoms with Gasteiger partial charge in [-0.3, -0.25) is 9.59 Å². The highest BCUT2D eigenvalue weighted by Crippen LogP contribution is 2.24. The second kappa shape index (κ2) is 7.03. The van der Waals surface area contributed by atoms with E-state index in [2.05, 4.69) is 10.4 Å². The molecule has 2 heterocycles. The minimum Gasteiger partial charge on any atom is -0.321 e. The molecule has 27 heavy (non-hydrogen) atoms. The number of nitrogens with one attached hydrogen (secondary N) is 1. The van der Waals surface area contributed by atoms with Crippen molar-refractivity contribution >= 4 is 23.2 Å². The molecule has 1 fully saturated rings. The summed E-state index contributed by atoms with van der Waals surface area (Å²) in [6, 6.07) is 14.6. The fraction of sp³-hybridized carbons (Fsp3) is 0.150. The summed E-state index contributed by atoms with van der Waals surface area (Å²) >= 11 is 0. The highest BCUT2D eigenvalue weighted by molar-refractivity contribution is 6.03. The average molecular weight is 364 g/mol. The van der Waals surface area contributed by atoms with Crippen LogP contribution in [0.4, 0.5) is 15.8 Å². The first-order valence-electron chi connectivity index (χ1n) is 8.63. The molecule has 1 aliphatic heterocycles. The number of amides is 2. The van der Waals surface area contributed by atoms with E-state index in [1.807, 2.05) is 6.07 Å². The van der Waals surface area contributed by atoms with Gasteiger partial charge in [0, 0.05) is 30.5 Å². The van der Waals surface area contributed by atoms with Crippen molar-refractivity contribution in [3.63, 3.8) is 0 Å². The van der Waals surface area contributed by atoms with Crippen LogP contribution in [0.15, 0.2) is 60.8 Å². The number of carbonyl (C=O) groups is 2. The third-order valence-electron chi connectivity index (χ3n) is 4.40. The van der Waals surface area contributed by atoms with Gasteiger partial charge in [0.25, 0.3) is 5.91 Å². The van der Waals surface area contributed by atoms with Gasteiger partial charge in [-0.2, -0.15) is 5.10 Å². The van der Waals surface area contributed by atoms with Crippen LogP contribution in [-0.4, -0.2) is 28.1 Å². The van der Waals surface area contributed by atoms with Crippen LogP contribution >= 0.6 is 0 Å². The Morgan fingerprint density at radius 3 is 2.63 bits per heavy atom. The van der Waals surface area contributed by atoms with Crippen LogP contribution in [0.2, 0.25) is 0 Å². The topological polar surface area (TPSA) is 67.2 Å². The van der Waals surface area contributed by atoms with Gasteiger partial charge in [-0.25, -0.2) is 9.07 Å². The normalized spacial score (nSPS) is 13.8. The SMILES string of the molecule is O=C(Nc1cccc(N2CCCC2=O)c1)c1ccn(-c2ccc(F)cc2)n1. The molecular weight excluding hydrogens is 347 g/mol.